The van der Waals surface area contributed by atoms with E-state index in [0.717, 1.165) is 55.7 Å². The molecule has 172 valence electrons. The van der Waals surface area contributed by atoms with Crippen molar-refractivity contribution >= 4 is 5.97 Å². The number of benzene rings is 2. The Morgan fingerprint density at radius 2 is 1.69 bits per heavy atom. The van der Waals surface area contributed by atoms with Crippen LogP contribution in [0, 0.1) is 5.92 Å². The molecule has 1 fully saturated rings. The van der Waals surface area contributed by atoms with Crippen molar-refractivity contribution in [3.05, 3.63) is 59.2 Å². The fraction of sp³-hybridized carbons (Fsp3) is 0.519. The van der Waals surface area contributed by atoms with Crippen LogP contribution in [-0.4, -0.2) is 37.7 Å². The summed E-state index contributed by atoms with van der Waals surface area (Å²) in [6.07, 6.45) is 4.58. The van der Waals surface area contributed by atoms with Crippen molar-refractivity contribution in [3.63, 3.8) is 0 Å². The number of carbonyl (C=O) groups excluding carboxylic acids is 1. The highest BCUT2D eigenvalue weighted by Gasteiger charge is 2.45. The van der Waals surface area contributed by atoms with Crippen molar-refractivity contribution < 1.29 is 19.0 Å². The Hall–Kier alpha value is -2.53. The molecule has 0 aromatic heterocycles. The van der Waals surface area contributed by atoms with E-state index in [1.165, 1.54) is 11.1 Å². The van der Waals surface area contributed by atoms with Gasteiger partial charge in [-0.1, -0.05) is 30.3 Å². The maximum atomic E-state index is 12.8. The summed E-state index contributed by atoms with van der Waals surface area (Å²) in [5.41, 5.74) is 3.66. The first kappa shape index (κ1) is 22.7. The molecule has 1 aliphatic heterocycles. The van der Waals surface area contributed by atoms with Crippen LogP contribution >= 0.6 is 0 Å². The lowest BCUT2D eigenvalue weighted by atomic mass is 9.68. The van der Waals surface area contributed by atoms with Gasteiger partial charge in [0, 0.05) is 12.1 Å². The van der Waals surface area contributed by atoms with E-state index < -0.39 is 0 Å². The minimum atomic E-state index is -0.0657. The molecule has 0 saturated heterocycles. The number of carbonyl (C=O) groups is 1. The molecule has 5 nitrogen and oxygen atoms in total. The van der Waals surface area contributed by atoms with Gasteiger partial charge in [0.05, 0.1) is 19.1 Å². The third-order valence-corrected chi connectivity index (χ3v) is 7.09. The number of ether oxygens (including phenoxy) is 3. The standard InChI is InChI=1S/C27H35NO4/c1-4-30-24-17-22-13-16-28(3)27(23(22)18-25(24)31-5-2)14-11-21(12-15-27)26(29)32-19-20-9-7-6-8-10-20/h6-10,17-18,21H,4-5,11-16,19H2,1-3H3/t21-,27+. The molecule has 1 spiro atoms. The average molecular weight is 438 g/mol. The number of fused-ring (bicyclic) bond motifs is 2. The highest BCUT2D eigenvalue weighted by Crippen LogP contribution is 2.49. The minimum absolute atomic E-state index is 0.0304. The van der Waals surface area contributed by atoms with Gasteiger partial charge >= 0.3 is 5.97 Å². The van der Waals surface area contributed by atoms with E-state index in [-0.39, 0.29) is 17.4 Å². The highest BCUT2D eigenvalue weighted by molar-refractivity contribution is 5.72. The van der Waals surface area contributed by atoms with Crippen LogP contribution in [0.25, 0.3) is 0 Å². The van der Waals surface area contributed by atoms with Crippen LogP contribution in [0.2, 0.25) is 0 Å². The summed E-state index contributed by atoms with van der Waals surface area (Å²) in [6.45, 7) is 6.59. The molecule has 0 radical (unpaired) electrons. The Morgan fingerprint density at radius 3 is 2.34 bits per heavy atom. The molecule has 2 aliphatic rings. The van der Waals surface area contributed by atoms with Crippen LogP contribution in [0.15, 0.2) is 42.5 Å². The number of hydrogen-bond acceptors (Lipinski definition) is 5. The lowest BCUT2D eigenvalue weighted by molar-refractivity contribution is -0.152. The normalized spacial score (nSPS) is 22.9. The smallest absolute Gasteiger partial charge is 0.309 e. The van der Waals surface area contributed by atoms with Crippen molar-refractivity contribution in [2.75, 3.05) is 26.8 Å². The second kappa shape index (κ2) is 9.95. The van der Waals surface area contributed by atoms with Gasteiger partial charge < -0.3 is 14.2 Å². The molecule has 2 aromatic rings. The van der Waals surface area contributed by atoms with Gasteiger partial charge in [-0.3, -0.25) is 9.69 Å². The molecule has 0 unspecified atom stereocenters. The number of likely N-dealkylation sites (N-methyl/N-ethyl adjacent to an activating group) is 1. The quantitative estimate of drug-likeness (QED) is 0.564. The second-order valence-corrected chi connectivity index (χ2v) is 8.89. The molecule has 0 bridgehead atoms. The summed E-state index contributed by atoms with van der Waals surface area (Å²) in [7, 11) is 2.22. The fourth-order valence-electron chi connectivity index (χ4n) is 5.32. The van der Waals surface area contributed by atoms with Crippen LogP contribution in [0.4, 0.5) is 0 Å². The van der Waals surface area contributed by atoms with Crippen LogP contribution in [-0.2, 0) is 28.1 Å². The summed E-state index contributed by atoms with van der Waals surface area (Å²) in [5.74, 6) is 1.57. The van der Waals surface area contributed by atoms with Crippen molar-refractivity contribution in [3.8, 4) is 11.5 Å². The van der Waals surface area contributed by atoms with E-state index in [9.17, 15) is 4.79 Å². The van der Waals surface area contributed by atoms with Gasteiger partial charge in [-0.2, -0.15) is 0 Å². The summed E-state index contributed by atoms with van der Waals surface area (Å²) in [5, 5.41) is 0. The predicted octanol–water partition coefficient (Wildman–Crippen LogP) is 5.10. The molecule has 1 aliphatic carbocycles. The largest absolute Gasteiger partial charge is 0.490 e. The molecule has 5 heteroatoms. The Labute approximate surface area is 191 Å². The van der Waals surface area contributed by atoms with Gasteiger partial charge in [0.2, 0.25) is 0 Å². The van der Waals surface area contributed by atoms with E-state index in [1.807, 2.05) is 44.2 Å². The van der Waals surface area contributed by atoms with E-state index in [2.05, 4.69) is 24.1 Å². The van der Waals surface area contributed by atoms with Crippen LogP contribution in [0.3, 0.4) is 0 Å². The maximum Gasteiger partial charge on any atom is 0.309 e. The first-order chi connectivity index (χ1) is 15.6. The maximum absolute atomic E-state index is 12.8. The summed E-state index contributed by atoms with van der Waals surface area (Å²) in [4.78, 5) is 15.2. The number of nitrogens with zero attached hydrogens (tertiary/aromatic N) is 1. The number of hydrogen-bond donors (Lipinski definition) is 0. The van der Waals surface area contributed by atoms with Gasteiger partial charge in [-0.15, -0.1) is 0 Å². The lowest BCUT2D eigenvalue weighted by Gasteiger charge is -2.50. The Kier molecular flexibility index (Phi) is 7.04. The predicted molar refractivity (Wildman–Crippen MR) is 125 cm³/mol. The third-order valence-electron chi connectivity index (χ3n) is 7.09. The van der Waals surface area contributed by atoms with E-state index in [4.69, 9.17) is 14.2 Å². The zero-order valence-corrected chi connectivity index (χ0v) is 19.6. The van der Waals surface area contributed by atoms with Gasteiger partial charge in [-0.25, -0.2) is 0 Å². The van der Waals surface area contributed by atoms with Gasteiger partial charge in [0.15, 0.2) is 11.5 Å². The average Bonchev–Trinajstić information content (AvgIpc) is 2.82. The van der Waals surface area contributed by atoms with Crippen LogP contribution in [0.1, 0.15) is 56.2 Å². The van der Waals surface area contributed by atoms with Crippen LogP contribution < -0.4 is 9.47 Å². The highest BCUT2D eigenvalue weighted by atomic mass is 16.5. The molecule has 2 aromatic carbocycles. The van der Waals surface area contributed by atoms with E-state index in [0.29, 0.717) is 19.8 Å². The first-order valence-corrected chi connectivity index (χ1v) is 11.9. The third kappa shape index (κ3) is 4.49. The molecular formula is C27H35NO4. The SMILES string of the molecule is CCOc1cc2c(cc1OCC)[C@]1(CC[C@H](C(=O)OCc3ccccc3)CC1)N(C)CC2. The molecule has 0 amide bonds. The van der Waals surface area contributed by atoms with Crippen molar-refractivity contribution in [1.82, 2.24) is 4.90 Å². The monoisotopic (exact) mass is 437 g/mol. The van der Waals surface area contributed by atoms with E-state index >= 15 is 0 Å². The molecule has 4 rings (SSSR count). The zero-order chi connectivity index (χ0) is 22.6. The molecule has 32 heavy (non-hydrogen) atoms. The summed E-state index contributed by atoms with van der Waals surface area (Å²) >= 11 is 0. The Morgan fingerprint density at radius 1 is 1.03 bits per heavy atom. The zero-order valence-electron chi connectivity index (χ0n) is 19.6. The number of rotatable bonds is 7. The first-order valence-electron chi connectivity index (χ1n) is 11.9. The molecule has 0 N–H and O–H groups in total. The molecule has 1 saturated carbocycles. The van der Waals surface area contributed by atoms with Crippen LogP contribution in [0.5, 0.6) is 11.5 Å². The number of esters is 1. The topological polar surface area (TPSA) is 48.0 Å². The Balaban J connectivity index is 1.50. The van der Waals surface area contributed by atoms with Gasteiger partial charge in [0.25, 0.3) is 0 Å². The summed E-state index contributed by atoms with van der Waals surface area (Å²) < 4.78 is 17.5. The second-order valence-electron chi connectivity index (χ2n) is 8.89. The minimum Gasteiger partial charge on any atom is -0.490 e. The van der Waals surface area contributed by atoms with Crippen molar-refractivity contribution in [2.45, 2.75) is 58.1 Å². The molecule has 1 heterocycles. The van der Waals surface area contributed by atoms with Crippen molar-refractivity contribution in [2.24, 2.45) is 5.92 Å². The Bertz CT molecular complexity index is 919. The molecular weight excluding hydrogens is 402 g/mol. The van der Waals surface area contributed by atoms with Gasteiger partial charge in [0.1, 0.15) is 6.61 Å². The van der Waals surface area contributed by atoms with E-state index in [1.54, 1.807) is 0 Å². The van der Waals surface area contributed by atoms with Gasteiger partial charge in [-0.05, 0) is 81.8 Å². The fourth-order valence-corrected chi connectivity index (χ4v) is 5.32. The molecule has 0 atom stereocenters. The summed E-state index contributed by atoms with van der Waals surface area (Å²) in [6, 6.07) is 14.3. The lowest BCUT2D eigenvalue weighted by Crippen LogP contribution is -2.51. The van der Waals surface area contributed by atoms with Crippen molar-refractivity contribution in [1.29, 1.82) is 0 Å².